The van der Waals surface area contributed by atoms with Crippen LogP contribution < -0.4 is 5.56 Å². The summed E-state index contributed by atoms with van der Waals surface area (Å²) in [7, 11) is 0. The topological polar surface area (TPSA) is 83.1 Å². The number of nitriles is 1. The van der Waals surface area contributed by atoms with Gasteiger partial charge in [0, 0.05) is 5.56 Å². The average molecular weight is 376 g/mol. The monoisotopic (exact) mass is 376 g/mol. The minimum Gasteiger partial charge on any atom is -0.494 e. The zero-order valence-electron chi connectivity index (χ0n) is 15.4. The van der Waals surface area contributed by atoms with Crippen molar-refractivity contribution in [2.24, 2.45) is 0 Å². The van der Waals surface area contributed by atoms with E-state index < -0.39 is 23.0 Å². The molecule has 0 aliphatic heterocycles. The molecule has 28 heavy (non-hydrogen) atoms. The minimum atomic E-state index is -0.706. The Balaban J connectivity index is 2.19. The van der Waals surface area contributed by atoms with Gasteiger partial charge in [0.2, 0.25) is 5.88 Å². The number of benzene rings is 2. The molecular weight excluding hydrogens is 359 g/mol. The van der Waals surface area contributed by atoms with Gasteiger partial charge in [-0.15, -0.1) is 0 Å². The van der Waals surface area contributed by atoms with Crippen molar-refractivity contribution in [1.82, 2.24) is 4.57 Å². The maximum absolute atomic E-state index is 13.1. The molecule has 0 amide bonds. The number of halogens is 1. The highest BCUT2D eigenvalue weighted by Gasteiger charge is 2.25. The lowest BCUT2D eigenvalue weighted by Gasteiger charge is -2.16. The van der Waals surface area contributed by atoms with Crippen LogP contribution in [0.2, 0.25) is 0 Å². The molecule has 0 fully saturated rings. The van der Waals surface area contributed by atoms with E-state index in [-0.39, 0.29) is 23.2 Å². The lowest BCUT2D eigenvalue weighted by atomic mass is 9.96. The predicted octanol–water partition coefficient (Wildman–Crippen LogP) is 3.46. The molecule has 1 N–H and O–H groups in total. The SMILES string of the molecule is Cc1ccc(C(=O)c2c(C)c(C#N)c(=O)n(Cc3ccc(F)cc3)c2O)cc1. The molecule has 1 aromatic heterocycles. The number of hydrogen-bond acceptors (Lipinski definition) is 4. The van der Waals surface area contributed by atoms with Crippen LogP contribution in [0.25, 0.3) is 0 Å². The first-order chi connectivity index (χ1) is 13.3. The van der Waals surface area contributed by atoms with Gasteiger partial charge < -0.3 is 5.11 Å². The van der Waals surface area contributed by atoms with E-state index in [9.17, 15) is 24.3 Å². The third kappa shape index (κ3) is 3.42. The molecule has 0 saturated carbocycles. The van der Waals surface area contributed by atoms with Crippen LogP contribution in [-0.2, 0) is 6.54 Å². The first-order valence-corrected chi connectivity index (χ1v) is 8.55. The van der Waals surface area contributed by atoms with Crippen LogP contribution in [0.5, 0.6) is 5.88 Å². The second-order valence-electron chi connectivity index (χ2n) is 6.52. The third-order valence-corrected chi connectivity index (χ3v) is 4.59. The zero-order chi connectivity index (χ0) is 20.4. The molecule has 6 heteroatoms. The predicted molar refractivity (Wildman–Crippen MR) is 102 cm³/mol. The van der Waals surface area contributed by atoms with Gasteiger partial charge in [0.25, 0.3) is 5.56 Å². The van der Waals surface area contributed by atoms with Gasteiger partial charge in [0.1, 0.15) is 17.4 Å². The Bertz CT molecular complexity index is 1150. The van der Waals surface area contributed by atoms with Gasteiger partial charge in [-0.1, -0.05) is 42.0 Å². The molecule has 0 aliphatic carbocycles. The number of ketones is 1. The molecule has 3 rings (SSSR count). The highest BCUT2D eigenvalue weighted by molar-refractivity contribution is 6.11. The number of aromatic hydroxyl groups is 1. The lowest BCUT2D eigenvalue weighted by Crippen LogP contribution is -2.27. The van der Waals surface area contributed by atoms with E-state index in [2.05, 4.69) is 0 Å². The van der Waals surface area contributed by atoms with Crippen LogP contribution >= 0.6 is 0 Å². The number of aromatic nitrogens is 1. The minimum absolute atomic E-state index is 0.0953. The molecule has 3 aromatic rings. The van der Waals surface area contributed by atoms with Crippen molar-refractivity contribution in [3.63, 3.8) is 0 Å². The lowest BCUT2D eigenvalue weighted by molar-refractivity contribution is 0.103. The number of aryl methyl sites for hydroxylation is 1. The first-order valence-electron chi connectivity index (χ1n) is 8.55. The van der Waals surface area contributed by atoms with Crippen molar-refractivity contribution in [1.29, 1.82) is 5.26 Å². The second-order valence-corrected chi connectivity index (χ2v) is 6.52. The molecule has 0 unspecified atom stereocenters. The summed E-state index contributed by atoms with van der Waals surface area (Å²) in [6.07, 6.45) is 0. The summed E-state index contributed by atoms with van der Waals surface area (Å²) in [6.45, 7) is 3.24. The van der Waals surface area contributed by atoms with Gasteiger partial charge in [-0.25, -0.2) is 4.39 Å². The maximum Gasteiger partial charge on any atom is 0.271 e. The van der Waals surface area contributed by atoms with Crippen LogP contribution in [0.15, 0.2) is 53.3 Å². The van der Waals surface area contributed by atoms with Gasteiger partial charge in [-0.3, -0.25) is 14.2 Å². The molecule has 0 radical (unpaired) electrons. The maximum atomic E-state index is 13.1. The number of pyridine rings is 1. The highest BCUT2D eigenvalue weighted by Crippen LogP contribution is 2.25. The normalized spacial score (nSPS) is 10.5. The molecular formula is C22H17FN2O3. The fraction of sp³-hybridized carbons (Fsp3) is 0.136. The molecule has 140 valence electrons. The largest absolute Gasteiger partial charge is 0.494 e. The second kappa shape index (κ2) is 7.49. The number of hydrogen-bond donors (Lipinski definition) is 1. The van der Waals surface area contributed by atoms with Gasteiger partial charge in [-0.05, 0) is 37.1 Å². The van der Waals surface area contributed by atoms with Gasteiger partial charge >= 0.3 is 0 Å². The quantitative estimate of drug-likeness (QED) is 0.707. The molecule has 0 atom stereocenters. The smallest absolute Gasteiger partial charge is 0.271 e. The number of carbonyl (C=O) groups excluding carboxylic acids is 1. The van der Waals surface area contributed by atoms with E-state index >= 15 is 0 Å². The summed E-state index contributed by atoms with van der Waals surface area (Å²) in [6, 6.07) is 14.0. The Hall–Kier alpha value is -3.72. The number of carbonyl (C=O) groups is 1. The van der Waals surface area contributed by atoms with Crippen molar-refractivity contribution in [2.45, 2.75) is 20.4 Å². The summed E-state index contributed by atoms with van der Waals surface area (Å²) in [5.41, 5.74) is 0.960. The Labute approximate surface area is 160 Å². The summed E-state index contributed by atoms with van der Waals surface area (Å²) in [5.74, 6) is -1.44. The summed E-state index contributed by atoms with van der Waals surface area (Å²) in [4.78, 5) is 25.7. The Morgan fingerprint density at radius 1 is 1.11 bits per heavy atom. The highest BCUT2D eigenvalue weighted by atomic mass is 19.1. The molecule has 2 aromatic carbocycles. The fourth-order valence-corrected chi connectivity index (χ4v) is 2.99. The Morgan fingerprint density at radius 3 is 2.29 bits per heavy atom. The number of rotatable bonds is 4. The fourth-order valence-electron chi connectivity index (χ4n) is 2.99. The van der Waals surface area contributed by atoms with Crippen molar-refractivity contribution in [3.05, 3.63) is 98.1 Å². The van der Waals surface area contributed by atoms with Crippen LogP contribution in [0.3, 0.4) is 0 Å². The molecule has 0 spiro atoms. The van der Waals surface area contributed by atoms with Gasteiger partial charge in [0.05, 0.1) is 12.1 Å². The van der Waals surface area contributed by atoms with Crippen molar-refractivity contribution >= 4 is 5.78 Å². The van der Waals surface area contributed by atoms with Crippen LogP contribution in [0.1, 0.15) is 38.2 Å². The van der Waals surface area contributed by atoms with Crippen LogP contribution in [-0.4, -0.2) is 15.5 Å². The van der Waals surface area contributed by atoms with E-state index in [1.165, 1.54) is 31.2 Å². The summed E-state index contributed by atoms with van der Waals surface area (Å²) < 4.78 is 14.1. The summed E-state index contributed by atoms with van der Waals surface area (Å²) >= 11 is 0. The van der Waals surface area contributed by atoms with Crippen molar-refractivity contribution in [3.8, 4) is 11.9 Å². The Kier molecular flexibility index (Phi) is 5.10. The van der Waals surface area contributed by atoms with E-state index in [1.54, 1.807) is 24.3 Å². The van der Waals surface area contributed by atoms with Crippen LogP contribution in [0, 0.1) is 31.0 Å². The third-order valence-electron chi connectivity index (χ3n) is 4.59. The van der Waals surface area contributed by atoms with E-state index in [0.29, 0.717) is 11.1 Å². The molecule has 1 heterocycles. The molecule has 0 aliphatic rings. The molecule has 0 bridgehead atoms. The van der Waals surface area contributed by atoms with Gasteiger partial charge in [0.15, 0.2) is 5.78 Å². The summed E-state index contributed by atoms with van der Waals surface area (Å²) in [5, 5.41) is 20.2. The molecule has 0 saturated heterocycles. The van der Waals surface area contributed by atoms with Crippen molar-refractivity contribution in [2.75, 3.05) is 0 Å². The Morgan fingerprint density at radius 2 is 1.71 bits per heavy atom. The van der Waals surface area contributed by atoms with E-state index in [0.717, 1.165) is 10.1 Å². The molecule has 5 nitrogen and oxygen atoms in total. The van der Waals surface area contributed by atoms with E-state index in [4.69, 9.17) is 0 Å². The first kappa shape index (κ1) is 19.1. The number of nitrogens with zero attached hydrogens (tertiary/aromatic N) is 2. The zero-order valence-corrected chi connectivity index (χ0v) is 15.4. The average Bonchev–Trinajstić information content (AvgIpc) is 2.67. The van der Waals surface area contributed by atoms with Crippen LogP contribution in [0.4, 0.5) is 4.39 Å². The van der Waals surface area contributed by atoms with Crippen molar-refractivity contribution < 1.29 is 14.3 Å². The van der Waals surface area contributed by atoms with Gasteiger partial charge in [-0.2, -0.15) is 5.26 Å². The van der Waals surface area contributed by atoms with E-state index in [1.807, 2.05) is 13.0 Å². The standard InChI is InChI=1S/C22H17FN2O3/c1-13-3-7-16(8-4-13)20(26)19-14(2)18(11-24)21(27)25(22(19)28)12-15-5-9-17(23)10-6-15/h3-10,28H,12H2,1-2H3.